The van der Waals surface area contributed by atoms with Crippen LogP contribution in [0, 0.1) is 0 Å². The molecule has 1 heterocycles. The molecule has 1 fully saturated rings. The average molecular weight is 601 g/mol. The molecule has 2 aromatic rings. The highest BCUT2D eigenvalue weighted by molar-refractivity contribution is 5.78. The molecule has 7 N–H and O–H groups in total. The van der Waals surface area contributed by atoms with Crippen molar-refractivity contribution < 1.29 is 19.4 Å². The van der Waals surface area contributed by atoms with Crippen LogP contribution in [-0.4, -0.2) is 84.2 Å². The molecule has 0 aliphatic heterocycles. The first-order chi connectivity index (χ1) is 21.1. The summed E-state index contributed by atoms with van der Waals surface area (Å²) >= 11 is 0. The third kappa shape index (κ3) is 14.8. The summed E-state index contributed by atoms with van der Waals surface area (Å²) in [5, 5.41) is 22.8. The number of rotatable bonds is 22. The third-order valence-electron chi connectivity index (χ3n) is 7.26. The Bertz CT molecular complexity index is 1030. The minimum Gasteiger partial charge on any atom is -0.393 e. The van der Waals surface area contributed by atoms with Gasteiger partial charge in [-0.25, -0.2) is 0 Å². The summed E-state index contributed by atoms with van der Waals surface area (Å²) in [5.74, 6) is 1.43. The molecule has 12 nitrogen and oxygen atoms in total. The lowest BCUT2D eigenvalue weighted by molar-refractivity contribution is -0.120. The van der Waals surface area contributed by atoms with E-state index in [1.165, 1.54) is 32.1 Å². The summed E-state index contributed by atoms with van der Waals surface area (Å²) in [4.78, 5) is 26.2. The van der Waals surface area contributed by atoms with Crippen LogP contribution in [0.1, 0.15) is 76.7 Å². The Hall–Kier alpha value is -3.06. The maximum atomic E-state index is 12.3. The van der Waals surface area contributed by atoms with E-state index in [9.17, 15) is 9.90 Å². The maximum absolute atomic E-state index is 12.3. The van der Waals surface area contributed by atoms with Crippen molar-refractivity contribution in [3.63, 3.8) is 0 Å². The molecule has 1 aliphatic rings. The molecule has 1 aromatic heterocycles. The number of carbonyl (C=O) groups excluding carboxylic acids is 1. The maximum Gasteiger partial charge on any atom is 0.233 e. The highest BCUT2D eigenvalue weighted by Gasteiger charge is 2.20. The molecular formula is C31H52N8O4. The van der Waals surface area contributed by atoms with Gasteiger partial charge in [0, 0.05) is 31.4 Å². The molecule has 3 rings (SSSR count). The second kappa shape index (κ2) is 20.8. The van der Waals surface area contributed by atoms with Crippen molar-refractivity contribution >= 4 is 29.4 Å². The van der Waals surface area contributed by atoms with Crippen molar-refractivity contribution in [3.05, 3.63) is 29.8 Å². The number of benzene rings is 1. The van der Waals surface area contributed by atoms with E-state index < -0.39 is 0 Å². The van der Waals surface area contributed by atoms with Crippen molar-refractivity contribution in [1.82, 2.24) is 20.3 Å². The van der Waals surface area contributed by atoms with Crippen molar-refractivity contribution in [1.29, 1.82) is 0 Å². The molecular weight excluding hydrogens is 548 g/mol. The van der Waals surface area contributed by atoms with Gasteiger partial charge in [-0.15, -0.1) is 0 Å². The first kappa shape index (κ1) is 34.4. The number of aromatic nitrogens is 3. The van der Waals surface area contributed by atoms with Gasteiger partial charge in [0.15, 0.2) is 0 Å². The van der Waals surface area contributed by atoms with Gasteiger partial charge in [-0.1, -0.05) is 51.2 Å². The molecule has 0 spiro atoms. The number of unbranched alkanes of at least 4 members (excludes halogenated alkanes) is 5. The van der Waals surface area contributed by atoms with Crippen LogP contribution in [0.15, 0.2) is 24.3 Å². The summed E-state index contributed by atoms with van der Waals surface area (Å²) < 4.78 is 10.7. The number of ether oxygens (including phenoxy) is 2. The number of hydrogen-bond acceptors (Lipinski definition) is 11. The van der Waals surface area contributed by atoms with Crippen LogP contribution in [0.3, 0.4) is 0 Å². The Morgan fingerprint density at radius 2 is 1.53 bits per heavy atom. The number of hydrogen-bond donors (Lipinski definition) is 6. The van der Waals surface area contributed by atoms with Crippen molar-refractivity contribution in [2.24, 2.45) is 5.73 Å². The fourth-order valence-corrected chi connectivity index (χ4v) is 4.83. The standard InChI is InChI=1S/C31H52N8O4/c1-2-3-4-5-6-7-17-34-29-37-30(39-31(38-29)36-26-12-14-27(40)15-13-26)35-25-10-8-24(9-11-25)23-28(41)33-18-20-43-22-21-42-19-16-32/h8-11,26-27,40H,2-7,12-23,32H2,1H3,(H,33,41)(H3,34,35,36,37,38,39). The van der Waals surface area contributed by atoms with E-state index in [1.807, 2.05) is 24.3 Å². The van der Waals surface area contributed by atoms with Gasteiger partial charge in [0.25, 0.3) is 0 Å². The topological polar surface area (TPSA) is 169 Å². The van der Waals surface area contributed by atoms with Crippen LogP contribution >= 0.6 is 0 Å². The number of anilines is 4. The highest BCUT2D eigenvalue weighted by Crippen LogP contribution is 2.23. The van der Waals surface area contributed by atoms with Gasteiger partial charge in [0.2, 0.25) is 23.8 Å². The Balaban J connectivity index is 1.49. The molecule has 0 unspecified atom stereocenters. The molecule has 0 bridgehead atoms. The van der Waals surface area contributed by atoms with Crippen LogP contribution in [0.4, 0.5) is 23.5 Å². The van der Waals surface area contributed by atoms with Crippen molar-refractivity contribution in [2.45, 2.75) is 89.7 Å². The van der Waals surface area contributed by atoms with E-state index in [-0.39, 0.29) is 24.5 Å². The summed E-state index contributed by atoms with van der Waals surface area (Å²) in [5.41, 5.74) is 7.09. The van der Waals surface area contributed by atoms with E-state index in [2.05, 4.69) is 43.1 Å². The summed E-state index contributed by atoms with van der Waals surface area (Å²) in [6.45, 7) is 5.90. The second-order valence-corrected chi connectivity index (χ2v) is 11.0. The van der Waals surface area contributed by atoms with E-state index in [1.54, 1.807) is 0 Å². The minimum atomic E-state index is -0.219. The lowest BCUT2D eigenvalue weighted by atomic mass is 9.93. The molecule has 1 aromatic carbocycles. The quantitative estimate of drug-likeness (QED) is 0.109. The molecule has 43 heavy (non-hydrogen) atoms. The van der Waals surface area contributed by atoms with Gasteiger partial charge >= 0.3 is 0 Å². The van der Waals surface area contributed by atoms with Gasteiger partial charge in [-0.2, -0.15) is 15.0 Å². The van der Waals surface area contributed by atoms with Gasteiger partial charge in [0.05, 0.1) is 39.0 Å². The first-order valence-electron chi connectivity index (χ1n) is 16.0. The Morgan fingerprint density at radius 1 is 0.860 bits per heavy atom. The second-order valence-electron chi connectivity index (χ2n) is 11.0. The van der Waals surface area contributed by atoms with Crippen LogP contribution < -0.4 is 27.0 Å². The van der Waals surface area contributed by atoms with Gasteiger partial charge in [-0.3, -0.25) is 4.79 Å². The van der Waals surface area contributed by atoms with E-state index in [0.717, 1.165) is 49.9 Å². The molecule has 1 amide bonds. The third-order valence-corrected chi connectivity index (χ3v) is 7.26. The van der Waals surface area contributed by atoms with Crippen LogP contribution in [0.5, 0.6) is 0 Å². The zero-order chi connectivity index (χ0) is 30.5. The number of nitrogens with one attached hydrogen (secondary N) is 4. The molecule has 1 aliphatic carbocycles. The lowest BCUT2D eigenvalue weighted by Gasteiger charge is -2.26. The van der Waals surface area contributed by atoms with Crippen molar-refractivity contribution in [2.75, 3.05) is 62.0 Å². The van der Waals surface area contributed by atoms with Gasteiger partial charge in [-0.05, 0) is 49.8 Å². The summed E-state index contributed by atoms with van der Waals surface area (Å²) in [6.07, 6.45) is 10.7. The molecule has 240 valence electrons. The molecule has 0 atom stereocenters. The zero-order valence-electron chi connectivity index (χ0n) is 25.8. The van der Waals surface area contributed by atoms with E-state index in [0.29, 0.717) is 57.4 Å². The molecule has 1 saturated carbocycles. The summed E-state index contributed by atoms with van der Waals surface area (Å²) in [6, 6.07) is 7.88. The highest BCUT2D eigenvalue weighted by atomic mass is 16.5. The molecule has 0 saturated heterocycles. The number of aliphatic hydroxyl groups is 1. The lowest BCUT2D eigenvalue weighted by Crippen LogP contribution is -2.29. The first-order valence-corrected chi connectivity index (χ1v) is 16.0. The normalized spacial score (nSPS) is 16.5. The van der Waals surface area contributed by atoms with E-state index >= 15 is 0 Å². The number of amides is 1. The average Bonchev–Trinajstić information content (AvgIpc) is 3.00. The number of nitrogens with zero attached hydrogens (tertiary/aromatic N) is 3. The predicted octanol–water partition coefficient (Wildman–Crippen LogP) is 3.75. The zero-order valence-corrected chi connectivity index (χ0v) is 25.8. The van der Waals surface area contributed by atoms with Crippen molar-refractivity contribution in [3.8, 4) is 0 Å². The van der Waals surface area contributed by atoms with Crippen LogP contribution in [-0.2, 0) is 20.7 Å². The smallest absolute Gasteiger partial charge is 0.233 e. The number of nitrogens with two attached hydrogens (primary N) is 1. The Labute approximate surface area is 256 Å². The Morgan fingerprint density at radius 3 is 2.28 bits per heavy atom. The monoisotopic (exact) mass is 600 g/mol. The van der Waals surface area contributed by atoms with Gasteiger partial charge < -0.3 is 41.6 Å². The molecule has 0 radical (unpaired) electrons. The predicted molar refractivity (Wildman–Crippen MR) is 171 cm³/mol. The van der Waals surface area contributed by atoms with Crippen LogP contribution in [0.25, 0.3) is 0 Å². The number of carbonyl (C=O) groups is 1. The van der Waals surface area contributed by atoms with Gasteiger partial charge in [0.1, 0.15) is 0 Å². The SMILES string of the molecule is CCCCCCCCNc1nc(Nc2ccc(CC(=O)NCCOCCOCCN)cc2)nc(NC2CCC(O)CC2)n1. The van der Waals surface area contributed by atoms with E-state index in [4.69, 9.17) is 15.2 Å². The number of aliphatic hydroxyl groups excluding tert-OH is 1. The largest absolute Gasteiger partial charge is 0.393 e. The van der Waals surface area contributed by atoms with Crippen LogP contribution in [0.2, 0.25) is 0 Å². The fraction of sp³-hybridized carbons (Fsp3) is 0.677. The Kier molecular flexibility index (Phi) is 16.6. The minimum absolute atomic E-state index is 0.0619. The fourth-order valence-electron chi connectivity index (χ4n) is 4.83. The molecule has 12 heteroatoms. The summed E-state index contributed by atoms with van der Waals surface area (Å²) in [7, 11) is 0.